The van der Waals surface area contributed by atoms with E-state index in [0.717, 1.165) is 11.6 Å². The van der Waals surface area contributed by atoms with Gasteiger partial charge < -0.3 is 9.47 Å². The average Bonchev–Trinajstić information content (AvgIpc) is 3.06. The van der Waals surface area contributed by atoms with Crippen molar-refractivity contribution in [1.82, 2.24) is 29.9 Å². The molecule has 0 radical (unpaired) electrons. The molecule has 20 heavy (non-hydrogen) atoms. The molecule has 2 aromatic rings. The van der Waals surface area contributed by atoms with E-state index in [0.29, 0.717) is 24.7 Å². The summed E-state index contributed by atoms with van der Waals surface area (Å²) in [6.45, 7) is 7.44. The summed E-state index contributed by atoms with van der Waals surface area (Å²) in [5.74, 6) is 2.12. The number of H-pyrrole nitrogens is 1. The van der Waals surface area contributed by atoms with E-state index < -0.39 is 0 Å². The maximum Gasteiger partial charge on any atom is 0.272 e. The quantitative estimate of drug-likeness (QED) is 0.896. The number of fused-ring (bicyclic) bond motifs is 1. The topological polar surface area (TPSA) is 79.7 Å². The van der Waals surface area contributed by atoms with Crippen LogP contribution < -0.4 is 0 Å². The van der Waals surface area contributed by atoms with E-state index in [1.165, 1.54) is 0 Å². The van der Waals surface area contributed by atoms with Crippen LogP contribution in [0.25, 0.3) is 0 Å². The highest BCUT2D eigenvalue weighted by atomic mass is 16.2. The van der Waals surface area contributed by atoms with Crippen LogP contribution in [0.15, 0.2) is 12.3 Å². The Morgan fingerprint density at radius 1 is 1.45 bits per heavy atom. The fourth-order valence-corrected chi connectivity index (χ4v) is 2.66. The van der Waals surface area contributed by atoms with E-state index in [1.807, 2.05) is 0 Å². The molecule has 2 aromatic heterocycles. The van der Waals surface area contributed by atoms with Gasteiger partial charge in [0.1, 0.15) is 11.5 Å². The first-order valence-electron chi connectivity index (χ1n) is 6.80. The van der Waals surface area contributed by atoms with Gasteiger partial charge >= 0.3 is 0 Å². The van der Waals surface area contributed by atoms with Crippen LogP contribution in [0.1, 0.15) is 54.9 Å². The second kappa shape index (κ2) is 4.73. The molecule has 1 aliphatic rings. The molecule has 3 heterocycles. The first-order chi connectivity index (χ1) is 9.58. The Kier molecular flexibility index (Phi) is 3.04. The maximum atomic E-state index is 12.4. The second-order valence-electron chi connectivity index (χ2n) is 5.50. The third-order valence-electron chi connectivity index (χ3n) is 3.59. The Hall–Kier alpha value is -2.18. The Labute approximate surface area is 117 Å². The molecule has 0 saturated heterocycles. The fraction of sp³-hybridized carbons (Fsp3) is 0.538. The normalized spacial score (nSPS) is 18.4. The van der Waals surface area contributed by atoms with Gasteiger partial charge in [0.25, 0.3) is 5.91 Å². The molecule has 0 spiro atoms. The fourth-order valence-electron chi connectivity index (χ4n) is 2.66. The van der Waals surface area contributed by atoms with Crippen molar-refractivity contribution in [3.8, 4) is 0 Å². The monoisotopic (exact) mass is 274 g/mol. The Bertz CT molecular complexity index is 615. The lowest BCUT2D eigenvalue weighted by Crippen LogP contribution is -2.41. The first-order valence-corrected chi connectivity index (χ1v) is 6.80. The van der Waals surface area contributed by atoms with Gasteiger partial charge in [-0.3, -0.25) is 9.89 Å². The number of nitrogens with zero attached hydrogens (tertiary/aromatic N) is 5. The molecule has 0 unspecified atom stereocenters. The molecular weight excluding hydrogens is 256 g/mol. The molecular formula is C13H18N6O. The maximum absolute atomic E-state index is 12.4. The number of hydrogen-bond donors (Lipinski definition) is 1. The minimum absolute atomic E-state index is 0.0466. The Balaban J connectivity index is 1.88. The molecule has 0 aliphatic carbocycles. The van der Waals surface area contributed by atoms with Gasteiger partial charge in [0.2, 0.25) is 0 Å². The molecule has 7 nitrogen and oxygen atoms in total. The number of carbonyl (C=O) groups is 1. The first kappa shape index (κ1) is 12.8. The number of rotatable bonds is 2. The summed E-state index contributed by atoms with van der Waals surface area (Å²) in [6.07, 6.45) is 1.58. The number of aromatic amines is 1. The summed E-state index contributed by atoms with van der Waals surface area (Å²) < 4.78 is 2.15. The number of hydrogen-bond acceptors (Lipinski definition) is 4. The smallest absolute Gasteiger partial charge is 0.272 e. The lowest BCUT2D eigenvalue weighted by Gasteiger charge is -2.32. The molecule has 106 valence electrons. The Morgan fingerprint density at radius 3 is 2.90 bits per heavy atom. The molecule has 0 fully saturated rings. The number of carbonyl (C=O) groups excluding carboxylic acids is 1. The van der Waals surface area contributed by atoms with Crippen molar-refractivity contribution >= 4 is 5.91 Å². The molecule has 1 amide bonds. The highest BCUT2D eigenvalue weighted by Gasteiger charge is 2.30. The van der Waals surface area contributed by atoms with Crippen molar-refractivity contribution < 1.29 is 4.79 Å². The van der Waals surface area contributed by atoms with Crippen LogP contribution in [0.3, 0.4) is 0 Å². The van der Waals surface area contributed by atoms with Gasteiger partial charge in [0.05, 0.1) is 12.6 Å². The summed E-state index contributed by atoms with van der Waals surface area (Å²) in [6, 6.07) is 1.87. The van der Waals surface area contributed by atoms with Gasteiger partial charge in [-0.1, -0.05) is 13.8 Å². The SMILES string of the molecule is CC(C)c1nnc2n1[C@@H](C)CN(C(=O)c1ccn[nH]1)C2. The zero-order chi connectivity index (χ0) is 14.3. The summed E-state index contributed by atoms with van der Waals surface area (Å²) in [5, 5.41) is 15.0. The van der Waals surface area contributed by atoms with Crippen molar-refractivity contribution in [2.45, 2.75) is 39.3 Å². The van der Waals surface area contributed by atoms with Gasteiger partial charge in [-0.15, -0.1) is 10.2 Å². The van der Waals surface area contributed by atoms with Crippen molar-refractivity contribution in [2.75, 3.05) is 6.54 Å². The Morgan fingerprint density at radius 2 is 2.25 bits per heavy atom. The molecule has 1 N–H and O–H groups in total. The van der Waals surface area contributed by atoms with Crippen LogP contribution in [0.2, 0.25) is 0 Å². The highest BCUT2D eigenvalue weighted by Crippen LogP contribution is 2.25. The van der Waals surface area contributed by atoms with Crippen molar-refractivity contribution in [1.29, 1.82) is 0 Å². The van der Waals surface area contributed by atoms with E-state index in [9.17, 15) is 4.79 Å². The van der Waals surface area contributed by atoms with Crippen LogP contribution in [-0.2, 0) is 6.54 Å². The largest absolute Gasteiger partial charge is 0.328 e. The van der Waals surface area contributed by atoms with E-state index in [4.69, 9.17) is 0 Å². The van der Waals surface area contributed by atoms with Crippen LogP contribution in [0.4, 0.5) is 0 Å². The van der Waals surface area contributed by atoms with Crippen LogP contribution in [-0.4, -0.2) is 42.3 Å². The summed E-state index contributed by atoms with van der Waals surface area (Å²) in [5.41, 5.74) is 0.509. The van der Waals surface area contributed by atoms with E-state index in [-0.39, 0.29) is 11.9 Å². The van der Waals surface area contributed by atoms with Crippen LogP contribution in [0, 0.1) is 0 Å². The molecule has 0 aromatic carbocycles. The zero-order valence-electron chi connectivity index (χ0n) is 11.9. The summed E-state index contributed by atoms with van der Waals surface area (Å²) in [7, 11) is 0. The summed E-state index contributed by atoms with van der Waals surface area (Å²) in [4.78, 5) is 14.1. The zero-order valence-corrected chi connectivity index (χ0v) is 11.9. The molecule has 1 aliphatic heterocycles. The van der Waals surface area contributed by atoms with Crippen molar-refractivity contribution in [3.63, 3.8) is 0 Å². The standard InChI is InChI=1S/C13H18N6O/c1-8(2)12-17-16-11-7-18(6-9(3)19(11)12)13(20)10-4-5-14-15-10/h4-5,8-9H,6-7H2,1-3H3,(H,14,15)/t9-/m0/s1. The van der Waals surface area contributed by atoms with Gasteiger partial charge in [0.15, 0.2) is 5.82 Å². The van der Waals surface area contributed by atoms with Gasteiger partial charge in [-0.2, -0.15) is 5.10 Å². The predicted molar refractivity (Wildman–Crippen MR) is 72.2 cm³/mol. The van der Waals surface area contributed by atoms with Crippen molar-refractivity contribution in [2.24, 2.45) is 0 Å². The average molecular weight is 274 g/mol. The predicted octanol–water partition coefficient (Wildman–Crippen LogP) is 1.34. The number of nitrogens with one attached hydrogen (secondary N) is 1. The minimum atomic E-state index is -0.0466. The van der Waals surface area contributed by atoms with Gasteiger partial charge in [-0.25, -0.2) is 0 Å². The van der Waals surface area contributed by atoms with Crippen LogP contribution >= 0.6 is 0 Å². The number of amides is 1. The van der Waals surface area contributed by atoms with Crippen LogP contribution in [0.5, 0.6) is 0 Å². The van der Waals surface area contributed by atoms with Crippen molar-refractivity contribution in [3.05, 3.63) is 29.6 Å². The summed E-state index contributed by atoms with van der Waals surface area (Å²) >= 11 is 0. The third-order valence-corrected chi connectivity index (χ3v) is 3.59. The van der Waals surface area contributed by atoms with Gasteiger partial charge in [0, 0.05) is 18.7 Å². The second-order valence-corrected chi connectivity index (χ2v) is 5.50. The number of aromatic nitrogens is 5. The lowest BCUT2D eigenvalue weighted by molar-refractivity contribution is 0.0673. The molecule has 7 heteroatoms. The van der Waals surface area contributed by atoms with E-state index in [1.54, 1.807) is 17.2 Å². The van der Waals surface area contributed by atoms with Gasteiger partial charge in [-0.05, 0) is 13.0 Å². The molecule has 3 rings (SSSR count). The molecule has 0 saturated carbocycles. The minimum Gasteiger partial charge on any atom is -0.328 e. The lowest BCUT2D eigenvalue weighted by atomic mass is 10.1. The molecule has 1 atom stereocenters. The van der Waals surface area contributed by atoms with E-state index in [2.05, 4.69) is 45.7 Å². The third kappa shape index (κ3) is 1.99. The van der Waals surface area contributed by atoms with E-state index >= 15 is 0 Å². The molecule has 0 bridgehead atoms. The highest BCUT2D eigenvalue weighted by molar-refractivity contribution is 5.92.